The molecule has 90 valence electrons. The molecule has 0 radical (unpaired) electrons. The molecule has 0 saturated heterocycles. The summed E-state index contributed by atoms with van der Waals surface area (Å²) >= 11 is 3.14. The van der Waals surface area contributed by atoms with E-state index < -0.39 is 0 Å². The number of hydrogen-bond donors (Lipinski definition) is 1. The van der Waals surface area contributed by atoms with E-state index in [0.29, 0.717) is 11.1 Å². The molecule has 0 fully saturated rings. The first-order valence-electron chi connectivity index (χ1n) is 5.24. The van der Waals surface area contributed by atoms with Crippen LogP contribution in [-0.2, 0) is 4.74 Å². The SMILES string of the molecule is COCC(C)NC(C)c1ccc(Br)c(F)c1. The maximum atomic E-state index is 13.3. The summed E-state index contributed by atoms with van der Waals surface area (Å²) in [7, 11) is 1.67. The van der Waals surface area contributed by atoms with Crippen LogP contribution in [0.3, 0.4) is 0 Å². The maximum Gasteiger partial charge on any atom is 0.137 e. The average molecular weight is 290 g/mol. The standard InChI is InChI=1S/C12H17BrFNO/c1-8(7-16-3)15-9(2)10-4-5-11(13)12(14)6-10/h4-6,8-9,15H,7H2,1-3H3. The number of hydrogen-bond acceptors (Lipinski definition) is 2. The summed E-state index contributed by atoms with van der Waals surface area (Å²) in [6.45, 7) is 4.69. The molecule has 0 aliphatic heterocycles. The van der Waals surface area contributed by atoms with Gasteiger partial charge < -0.3 is 10.1 Å². The van der Waals surface area contributed by atoms with Crippen LogP contribution in [0.15, 0.2) is 22.7 Å². The molecule has 2 nitrogen and oxygen atoms in total. The van der Waals surface area contributed by atoms with E-state index in [1.165, 1.54) is 0 Å². The fourth-order valence-corrected chi connectivity index (χ4v) is 1.85. The third kappa shape index (κ3) is 3.85. The van der Waals surface area contributed by atoms with E-state index in [0.717, 1.165) is 5.56 Å². The fourth-order valence-electron chi connectivity index (χ4n) is 1.60. The molecular weight excluding hydrogens is 273 g/mol. The lowest BCUT2D eigenvalue weighted by Gasteiger charge is -2.19. The zero-order valence-corrected chi connectivity index (χ0v) is 11.3. The van der Waals surface area contributed by atoms with E-state index >= 15 is 0 Å². The van der Waals surface area contributed by atoms with Crippen molar-refractivity contribution in [3.63, 3.8) is 0 Å². The second-order valence-electron chi connectivity index (χ2n) is 3.92. The summed E-state index contributed by atoms with van der Waals surface area (Å²) in [6.07, 6.45) is 0. The monoisotopic (exact) mass is 289 g/mol. The number of nitrogens with one attached hydrogen (secondary N) is 1. The van der Waals surface area contributed by atoms with Crippen molar-refractivity contribution in [3.05, 3.63) is 34.1 Å². The van der Waals surface area contributed by atoms with E-state index in [9.17, 15) is 4.39 Å². The van der Waals surface area contributed by atoms with E-state index in [-0.39, 0.29) is 17.9 Å². The first-order chi connectivity index (χ1) is 7.54. The third-order valence-corrected chi connectivity index (χ3v) is 3.04. The van der Waals surface area contributed by atoms with Crippen LogP contribution in [0.2, 0.25) is 0 Å². The van der Waals surface area contributed by atoms with Gasteiger partial charge in [0.2, 0.25) is 0 Å². The van der Waals surface area contributed by atoms with Crippen LogP contribution in [-0.4, -0.2) is 19.8 Å². The Kier molecular flexibility index (Phi) is 5.38. The van der Waals surface area contributed by atoms with Crippen molar-refractivity contribution >= 4 is 15.9 Å². The first-order valence-corrected chi connectivity index (χ1v) is 6.03. The molecule has 0 amide bonds. The first kappa shape index (κ1) is 13.6. The molecule has 0 aliphatic carbocycles. The topological polar surface area (TPSA) is 21.3 Å². The van der Waals surface area contributed by atoms with Gasteiger partial charge in [-0.25, -0.2) is 4.39 Å². The minimum absolute atomic E-state index is 0.104. The number of rotatable bonds is 5. The van der Waals surface area contributed by atoms with Gasteiger partial charge in [-0.1, -0.05) is 6.07 Å². The predicted octanol–water partition coefficient (Wildman–Crippen LogP) is 3.27. The number of ether oxygens (including phenoxy) is 1. The molecule has 1 aromatic carbocycles. The number of halogens is 2. The average Bonchev–Trinajstić information content (AvgIpc) is 2.22. The van der Waals surface area contributed by atoms with Crippen molar-refractivity contribution < 1.29 is 9.13 Å². The fraction of sp³-hybridized carbons (Fsp3) is 0.500. The molecule has 2 atom stereocenters. The summed E-state index contributed by atoms with van der Waals surface area (Å²) in [6, 6.07) is 5.52. The van der Waals surface area contributed by atoms with Gasteiger partial charge in [0.05, 0.1) is 11.1 Å². The maximum absolute atomic E-state index is 13.3. The number of methoxy groups -OCH3 is 1. The van der Waals surface area contributed by atoms with Crippen LogP contribution in [0.5, 0.6) is 0 Å². The molecule has 16 heavy (non-hydrogen) atoms. The highest BCUT2D eigenvalue weighted by atomic mass is 79.9. The van der Waals surface area contributed by atoms with Crippen LogP contribution in [0.4, 0.5) is 4.39 Å². The molecular formula is C12H17BrFNO. The molecule has 1 rings (SSSR count). The van der Waals surface area contributed by atoms with Gasteiger partial charge in [-0.2, -0.15) is 0 Å². The molecule has 1 N–H and O–H groups in total. The Hall–Kier alpha value is -0.450. The van der Waals surface area contributed by atoms with Gasteiger partial charge in [0.1, 0.15) is 5.82 Å². The van der Waals surface area contributed by atoms with Crippen molar-refractivity contribution in [3.8, 4) is 0 Å². The molecule has 0 aliphatic rings. The second kappa shape index (κ2) is 6.33. The molecule has 1 aromatic rings. The van der Waals surface area contributed by atoms with E-state index in [2.05, 4.69) is 21.2 Å². The largest absolute Gasteiger partial charge is 0.383 e. The van der Waals surface area contributed by atoms with Crippen molar-refractivity contribution in [1.29, 1.82) is 0 Å². The van der Waals surface area contributed by atoms with Crippen LogP contribution in [0.1, 0.15) is 25.5 Å². The second-order valence-corrected chi connectivity index (χ2v) is 4.77. The van der Waals surface area contributed by atoms with Crippen molar-refractivity contribution in [2.75, 3.05) is 13.7 Å². The summed E-state index contributed by atoms with van der Waals surface area (Å²) in [4.78, 5) is 0. The van der Waals surface area contributed by atoms with Gasteiger partial charge in [-0.15, -0.1) is 0 Å². The Morgan fingerprint density at radius 2 is 2.12 bits per heavy atom. The molecule has 0 saturated carbocycles. The Balaban J connectivity index is 2.65. The van der Waals surface area contributed by atoms with Crippen molar-refractivity contribution in [2.45, 2.75) is 25.9 Å². The zero-order valence-electron chi connectivity index (χ0n) is 9.76. The van der Waals surface area contributed by atoms with Crippen molar-refractivity contribution in [2.24, 2.45) is 0 Å². The lowest BCUT2D eigenvalue weighted by molar-refractivity contribution is 0.167. The normalized spacial score (nSPS) is 14.8. The van der Waals surface area contributed by atoms with E-state index in [1.807, 2.05) is 19.9 Å². The highest BCUT2D eigenvalue weighted by Crippen LogP contribution is 2.20. The summed E-state index contributed by atoms with van der Waals surface area (Å²) in [5.41, 5.74) is 0.934. The highest BCUT2D eigenvalue weighted by Gasteiger charge is 2.10. The van der Waals surface area contributed by atoms with Crippen LogP contribution in [0.25, 0.3) is 0 Å². The molecule has 0 bridgehead atoms. The van der Waals surface area contributed by atoms with Gasteiger partial charge in [-0.3, -0.25) is 0 Å². The summed E-state index contributed by atoms with van der Waals surface area (Å²) < 4.78 is 18.9. The van der Waals surface area contributed by atoms with E-state index in [4.69, 9.17) is 4.74 Å². The predicted molar refractivity (Wildman–Crippen MR) is 67.0 cm³/mol. The van der Waals surface area contributed by atoms with Crippen LogP contribution < -0.4 is 5.32 Å². The minimum atomic E-state index is -0.231. The van der Waals surface area contributed by atoms with E-state index in [1.54, 1.807) is 19.2 Å². The Labute approximate surface area is 104 Å². The quantitative estimate of drug-likeness (QED) is 0.898. The summed E-state index contributed by atoms with van der Waals surface area (Å²) in [5, 5.41) is 3.34. The lowest BCUT2D eigenvalue weighted by atomic mass is 10.1. The molecule has 4 heteroatoms. The molecule has 0 spiro atoms. The number of benzene rings is 1. The Morgan fingerprint density at radius 1 is 1.44 bits per heavy atom. The lowest BCUT2D eigenvalue weighted by Crippen LogP contribution is -2.32. The van der Waals surface area contributed by atoms with Gasteiger partial charge >= 0.3 is 0 Å². The third-order valence-electron chi connectivity index (χ3n) is 2.39. The Bertz CT molecular complexity index is 346. The van der Waals surface area contributed by atoms with Gasteiger partial charge in [0, 0.05) is 19.2 Å². The zero-order chi connectivity index (χ0) is 12.1. The van der Waals surface area contributed by atoms with Gasteiger partial charge in [-0.05, 0) is 47.5 Å². The van der Waals surface area contributed by atoms with Crippen LogP contribution >= 0.6 is 15.9 Å². The summed E-state index contributed by atoms with van der Waals surface area (Å²) in [5.74, 6) is -0.231. The Morgan fingerprint density at radius 3 is 2.69 bits per heavy atom. The molecule has 2 unspecified atom stereocenters. The van der Waals surface area contributed by atoms with Gasteiger partial charge in [0.25, 0.3) is 0 Å². The smallest absolute Gasteiger partial charge is 0.137 e. The van der Waals surface area contributed by atoms with Crippen molar-refractivity contribution in [1.82, 2.24) is 5.32 Å². The molecule has 0 aromatic heterocycles. The van der Waals surface area contributed by atoms with Crippen LogP contribution in [0, 0.1) is 5.82 Å². The molecule has 0 heterocycles. The van der Waals surface area contributed by atoms with Gasteiger partial charge in [0.15, 0.2) is 0 Å². The highest BCUT2D eigenvalue weighted by molar-refractivity contribution is 9.10. The minimum Gasteiger partial charge on any atom is -0.383 e.